The Labute approximate surface area is 149 Å². The summed E-state index contributed by atoms with van der Waals surface area (Å²) >= 11 is 0. The number of aliphatic hydroxyl groups excluding tert-OH is 1. The Hall–Kier alpha value is -1.52. The fourth-order valence-corrected chi connectivity index (χ4v) is 4.77. The lowest BCUT2D eigenvalue weighted by Crippen LogP contribution is -2.44. The molecular formula is C21H28O4. The van der Waals surface area contributed by atoms with Crippen LogP contribution in [0, 0.1) is 32.1 Å². The molecule has 0 radical (unpaired) electrons. The van der Waals surface area contributed by atoms with Gasteiger partial charge in [-0.15, -0.1) is 0 Å². The largest absolute Gasteiger partial charge is 0.392 e. The van der Waals surface area contributed by atoms with Gasteiger partial charge in [0.05, 0.1) is 11.5 Å². The summed E-state index contributed by atoms with van der Waals surface area (Å²) in [6.07, 6.45) is 0.822. The summed E-state index contributed by atoms with van der Waals surface area (Å²) in [5, 5.41) is 10.9. The Morgan fingerprint density at radius 3 is 2.24 bits per heavy atom. The summed E-state index contributed by atoms with van der Waals surface area (Å²) in [6, 6.07) is 4.04. The van der Waals surface area contributed by atoms with Gasteiger partial charge in [-0.25, -0.2) is 0 Å². The van der Waals surface area contributed by atoms with Crippen molar-refractivity contribution >= 4 is 11.6 Å². The van der Waals surface area contributed by atoms with E-state index in [0.717, 1.165) is 35.1 Å². The molecule has 25 heavy (non-hydrogen) atoms. The van der Waals surface area contributed by atoms with Gasteiger partial charge in [0.25, 0.3) is 0 Å². The molecule has 1 aliphatic carbocycles. The zero-order chi connectivity index (χ0) is 18.4. The molecule has 0 aromatic heterocycles. The summed E-state index contributed by atoms with van der Waals surface area (Å²) in [5.41, 5.74) is 2.93. The van der Waals surface area contributed by atoms with E-state index >= 15 is 0 Å². The second-order valence-electron chi connectivity index (χ2n) is 8.06. The number of ketones is 2. The monoisotopic (exact) mass is 344 g/mol. The summed E-state index contributed by atoms with van der Waals surface area (Å²) in [6.45, 7) is 8.92. The number of hydrogen-bond donors (Lipinski definition) is 1. The van der Waals surface area contributed by atoms with E-state index in [9.17, 15) is 14.7 Å². The first-order chi connectivity index (χ1) is 11.8. The molecule has 1 aromatic carbocycles. The van der Waals surface area contributed by atoms with E-state index in [-0.39, 0.29) is 23.9 Å². The van der Waals surface area contributed by atoms with Crippen LogP contribution in [-0.4, -0.2) is 36.0 Å². The van der Waals surface area contributed by atoms with Crippen molar-refractivity contribution in [2.45, 2.75) is 59.0 Å². The van der Waals surface area contributed by atoms with E-state index in [0.29, 0.717) is 13.2 Å². The number of hydrogen-bond acceptors (Lipinski definition) is 4. The van der Waals surface area contributed by atoms with Crippen molar-refractivity contribution in [2.75, 3.05) is 13.2 Å². The van der Waals surface area contributed by atoms with Gasteiger partial charge in [-0.1, -0.05) is 17.7 Å². The minimum Gasteiger partial charge on any atom is -0.392 e. The van der Waals surface area contributed by atoms with Gasteiger partial charge in [-0.2, -0.15) is 0 Å². The van der Waals surface area contributed by atoms with E-state index in [2.05, 4.69) is 0 Å². The predicted octanol–water partition coefficient (Wildman–Crippen LogP) is 3.03. The predicted molar refractivity (Wildman–Crippen MR) is 95.7 cm³/mol. The maximum atomic E-state index is 13.3. The second-order valence-corrected chi connectivity index (χ2v) is 8.06. The third kappa shape index (κ3) is 3.06. The average molecular weight is 344 g/mol. The van der Waals surface area contributed by atoms with Gasteiger partial charge in [0, 0.05) is 19.6 Å². The Morgan fingerprint density at radius 2 is 1.68 bits per heavy atom. The molecule has 1 aliphatic heterocycles. The van der Waals surface area contributed by atoms with Crippen molar-refractivity contribution in [1.29, 1.82) is 0 Å². The van der Waals surface area contributed by atoms with Crippen LogP contribution in [0.25, 0.3) is 0 Å². The van der Waals surface area contributed by atoms with Gasteiger partial charge < -0.3 is 9.84 Å². The molecule has 1 N–H and O–H groups in total. The Morgan fingerprint density at radius 1 is 1.12 bits per heavy atom. The number of carbonyl (C=O) groups is 2. The van der Waals surface area contributed by atoms with Crippen molar-refractivity contribution in [2.24, 2.45) is 11.3 Å². The molecule has 3 unspecified atom stereocenters. The zero-order valence-electron chi connectivity index (χ0n) is 15.6. The standard InChI is InChI=1S/C21H28O4/c1-12-9-13(2)17(14(3)10-12)18-16(22)11-21(4,20(18)24)19(23)15-5-7-25-8-6-15/h9-10,15,18-19,23H,5-8,11H2,1-4H3. The van der Waals surface area contributed by atoms with Crippen molar-refractivity contribution in [1.82, 2.24) is 0 Å². The number of ether oxygens (including phenoxy) is 1. The van der Waals surface area contributed by atoms with Crippen LogP contribution in [0.2, 0.25) is 0 Å². The third-order valence-electron chi connectivity index (χ3n) is 6.08. The lowest BCUT2D eigenvalue weighted by Gasteiger charge is -2.36. The molecule has 1 saturated heterocycles. The van der Waals surface area contributed by atoms with Crippen LogP contribution < -0.4 is 0 Å². The first-order valence-corrected chi connectivity index (χ1v) is 9.16. The number of benzene rings is 1. The highest BCUT2D eigenvalue weighted by atomic mass is 16.5. The van der Waals surface area contributed by atoms with Crippen LogP contribution in [0.1, 0.15) is 54.4 Å². The van der Waals surface area contributed by atoms with E-state index in [1.165, 1.54) is 0 Å². The van der Waals surface area contributed by atoms with Crippen molar-refractivity contribution in [3.05, 3.63) is 34.4 Å². The van der Waals surface area contributed by atoms with E-state index in [4.69, 9.17) is 4.74 Å². The molecule has 4 heteroatoms. The summed E-state index contributed by atoms with van der Waals surface area (Å²) in [5.74, 6) is -0.894. The van der Waals surface area contributed by atoms with Crippen molar-refractivity contribution in [3.8, 4) is 0 Å². The molecule has 1 heterocycles. The maximum absolute atomic E-state index is 13.3. The Kier molecular flexibility index (Phi) is 4.86. The fourth-order valence-electron chi connectivity index (χ4n) is 4.77. The lowest BCUT2D eigenvalue weighted by atomic mass is 9.72. The molecule has 3 rings (SSSR count). The first-order valence-electron chi connectivity index (χ1n) is 9.16. The van der Waals surface area contributed by atoms with E-state index in [1.807, 2.05) is 32.9 Å². The van der Waals surface area contributed by atoms with E-state index < -0.39 is 17.4 Å². The molecule has 0 bridgehead atoms. The van der Waals surface area contributed by atoms with Crippen LogP contribution in [0.15, 0.2) is 12.1 Å². The summed E-state index contributed by atoms with van der Waals surface area (Å²) < 4.78 is 5.36. The lowest BCUT2D eigenvalue weighted by molar-refractivity contribution is -0.136. The van der Waals surface area contributed by atoms with Crippen LogP contribution in [0.3, 0.4) is 0 Å². The number of aryl methyl sites for hydroxylation is 3. The van der Waals surface area contributed by atoms with Crippen LogP contribution in [0.5, 0.6) is 0 Å². The van der Waals surface area contributed by atoms with Gasteiger partial charge in [0.15, 0.2) is 5.78 Å². The van der Waals surface area contributed by atoms with Crippen molar-refractivity contribution < 1.29 is 19.4 Å². The molecule has 2 aliphatic rings. The summed E-state index contributed by atoms with van der Waals surface area (Å²) in [4.78, 5) is 26.1. The highest BCUT2D eigenvalue weighted by Crippen LogP contribution is 2.47. The minimum absolute atomic E-state index is 0.0226. The van der Waals surface area contributed by atoms with Crippen LogP contribution in [0.4, 0.5) is 0 Å². The normalized spacial score (nSPS) is 29.2. The average Bonchev–Trinajstić information content (AvgIpc) is 2.78. The number of rotatable bonds is 3. The van der Waals surface area contributed by atoms with Crippen LogP contribution in [-0.2, 0) is 14.3 Å². The van der Waals surface area contributed by atoms with Crippen molar-refractivity contribution in [3.63, 3.8) is 0 Å². The molecule has 3 atom stereocenters. The molecule has 136 valence electrons. The number of aliphatic hydroxyl groups is 1. The molecule has 2 fully saturated rings. The Bertz CT molecular complexity index is 679. The number of Topliss-reactive ketones (excluding diaryl/α,β-unsaturated/α-hetero) is 2. The molecule has 4 nitrogen and oxygen atoms in total. The first kappa shape index (κ1) is 18.3. The maximum Gasteiger partial charge on any atom is 0.156 e. The third-order valence-corrected chi connectivity index (χ3v) is 6.08. The highest BCUT2D eigenvalue weighted by molar-refractivity contribution is 6.17. The SMILES string of the molecule is Cc1cc(C)c(C2C(=O)CC(C)(C(O)C3CCOCC3)C2=O)c(C)c1. The Balaban J connectivity index is 1.95. The van der Waals surface area contributed by atoms with Gasteiger partial charge in [-0.3, -0.25) is 9.59 Å². The fraction of sp³-hybridized carbons (Fsp3) is 0.619. The van der Waals surface area contributed by atoms with Crippen LogP contribution >= 0.6 is 0 Å². The molecule has 0 amide bonds. The quantitative estimate of drug-likeness (QED) is 0.856. The van der Waals surface area contributed by atoms with E-state index in [1.54, 1.807) is 6.92 Å². The topological polar surface area (TPSA) is 63.6 Å². The molecular weight excluding hydrogens is 316 g/mol. The summed E-state index contributed by atoms with van der Waals surface area (Å²) in [7, 11) is 0. The molecule has 1 aromatic rings. The number of carbonyl (C=O) groups excluding carboxylic acids is 2. The van der Waals surface area contributed by atoms with Gasteiger partial charge in [0.2, 0.25) is 0 Å². The zero-order valence-corrected chi connectivity index (χ0v) is 15.6. The molecule has 0 spiro atoms. The van der Waals surface area contributed by atoms with Gasteiger partial charge in [0.1, 0.15) is 11.7 Å². The second kappa shape index (κ2) is 6.65. The van der Waals surface area contributed by atoms with Gasteiger partial charge in [-0.05, 0) is 63.1 Å². The molecule has 1 saturated carbocycles. The highest BCUT2D eigenvalue weighted by Gasteiger charge is 2.56. The smallest absolute Gasteiger partial charge is 0.156 e. The van der Waals surface area contributed by atoms with Gasteiger partial charge >= 0.3 is 0 Å². The minimum atomic E-state index is -0.993.